The van der Waals surface area contributed by atoms with Crippen molar-refractivity contribution in [2.24, 2.45) is 0 Å². The number of tetrazole rings is 1. The summed E-state index contributed by atoms with van der Waals surface area (Å²) in [5, 5.41) is 25.8. The molecule has 1 saturated carbocycles. The van der Waals surface area contributed by atoms with E-state index >= 15 is 0 Å². The molecule has 142 valence electrons. The fourth-order valence-electron chi connectivity index (χ4n) is 2.66. The van der Waals surface area contributed by atoms with Crippen LogP contribution in [0.3, 0.4) is 0 Å². The molecule has 0 spiro atoms. The number of nitro groups is 1. The lowest BCUT2D eigenvalue weighted by atomic mass is 10.1. The minimum atomic E-state index is -0.691. The highest BCUT2D eigenvalue weighted by Gasteiger charge is 2.26. The average molecular weight is 380 g/mol. The van der Waals surface area contributed by atoms with Gasteiger partial charge in [0.05, 0.1) is 16.2 Å². The molecule has 28 heavy (non-hydrogen) atoms. The van der Waals surface area contributed by atoms with Crippen molar-refractivity contribution < 1.29 is 14.5 Å². The van der Waals surface area contributed by atoms with Crippen LogP contribution in [0.2, 0.25) is 0 Å². The zero-order valence-electron chi connectivity index (χ0n) is 14.7. The minimum Gasteiger partial charge on any atom is -0.454 e. The summed E-state index contributed by atoms with van der Waals surface area (Å²) < 4.78 is 6.71. The van der Waals surface area contributed by atoms with Crippen LogP contribution in [0.15, 0.2) is 48.5 Å². The fraction of sp³-hybridized carbons (Fsp3) is 0.222. The molecule has 4 rings (SSSR count). The number of hydrogen-bond acceptors (Lipinski definition) is 8. The lowest BCUT2D eigenvalue weighted by Gasteiger charge is -2.08. The molecule has 0 bridgehead atoms. The van der Waals surface area contributed by atoms with E-state index in [2.05, 4.69) is 20.8 Å². The molecule has 1 fully saturated rings. The first-order valence-corrected chi connectivity index (χ1v) is 8.66. The Morgan fingerprint density at radius 1 is 1.25 bits per heavy atom. The number of nitro benzene ring substituents is 1. The summed E-state index contributed by atoms with van der Waals surface area (Å²) >= 11 is 0. The number of carbonyl (C=O) groups is 1. The van der Waals surface area contributed by atoms with E-state index in [1.807, 2.05) is 30.3 Å². The number of esters is 1. The van der Waals surface area contributed by atoms with E-state index in [9.17, 15) is 14.9 Å². The third kappa shape index (κ3) is 3.80. The van der Waals surface area contributed by atoms with Gasteiger partial charge in [-0.25, -0.2) is 4.79 Å². The Labute approximate surface area is 159 Å². The number of carbonyl (C=O) groups excluding carboxylic acids is 1. The predicted octanol–water partition coefficient (Wildman–Crippen LogP) is 2.50. The second-order valence-corrected chi connectivity index (χ2v) is 6.33. The Bertz CT molecular complexity index is 1020. The highest BCUT2D eigenvalue weighted by atomic mass is 16.6. The van der Waals surface area contributed by atoms with Gasteiger partial charge in [0.15, 0.2) is 12.4 Å². The van der Waals surface area contributed by atoms with E-state index in [1.54, 1.807) is 0 Å². The maximum atomic E-state index is 12.4. The molecule has 1 aliphatic carbocycles. The minimum absolute atomic E-state index is 0.0896. The van der Waals surface area contributed by atoms with Crippen molar-refractivity contribution >= 4 is 17.3 Å². The molecule has 1 heterocycles. The first-order chi connectivity index (χ1) is 13.6. The highest BCUT2D eigenvalue weighted by Crippen LogP contribution is 2.31. The van der Waals surface area contributed by atoms with Crippen molar-refractivity contribution in [2.75, 3.05) is 5.32 Å². The van der Waals surface area contributed by atoms with Gasteiger partial charge in [0.25, 0.3) is 5.69 Å². The summed E-state index contributed by atoms with van der Waals surface area (Å²) in [7, 11) is 0. The summed E-state index contributed by atoms with van der Waals surface area (Å²) in [4.78, 5) is 23.2. The van der Waals surface area contributed by atoms with Crippen molar-refractivity contribution in [1.82, 2.24) is 20.2 Å². The van der Waals surface area contributed by atoms with Crippen LogP contribution in [0.4, 0.5) is 11.4 Å². The number of anilines is 1. The number of nitrogens with zero attached hydrogens (tertiary/aromatic N) is 5. The van der Waals surface area contributed by atoms with Crippen LogP contribution in [0.25, 0.3) is 5.69 Å². The third-order valence-corrected chi connectivity index (χ3v) is 4.23. The molecule has 10 nitrogen and oxygen atoms in total. The predicted molar refractivity (Wildman–Crippen MR) is 98.0 cm³/mol. The number of aromatic nitrogens is 4. The molecule has 10 heteroatoms. The van der Waals surface area contributed by atoms with E-state index in [0.717, 1.165) is 18.5 Å². The zero-order valence-corrected chi connectivity index (χ0v) is 14.7. The molecule has 0 radical (unpaired) electrons. The van der Waals surface area contributed by atoms with E-state index in [-0.39, 0.29) is 23.9 Å². The Morgan fingerprint density at radius 3 is 2.75 bits per heavy atom. The standard InChI is InChI=1S/C18H16N6O4/c25-18(12-6-9-15(19-13-7-8-13)16(10-12)24(26)27)28-11-17-20-21-22-23(17)14-4-2-1-3-5-14/h1-6,9-10,13,19H,7-8,11H2. The van der Waals surface area contributed by atoms with Crippen LogP contribution in [0.5, 0.6) is 0 Å². The maximum Gasteiger partial charge on any atom is 0.338 e. The number of benzene rings is 2. The Kier molecular flexibility index (Phi) is 4.67. The quantitative estimate of drug-likeness (QED) is 0.376. The number of hydrogen-bond donors (Lipinski definition) is 1. The third-order valence-electron chi connectivity index (χ3n) is 4.23. The topological polar surface area (TPSA) is 125 Å². The van der Waals surface area contributed by atoms with Crippen LogP contribution in [0.1, 0.15) is 29.0 Å². The van der Waals surface area contributed by atoms with Crippen LogP contribution in [-0.4, -0.2) is 37.1 Å². The molecule has 0 atom stereocenters. The summed E-state index contributed by atoms with van der Waals surface area (Å²) in [5.74, 6) is -0.357. The lowest BCUT2D eigenvalue weighted by molar-refractivity contribution is -0.384. The number of rotatable bonds is 7. The molecule has 1 N–H and O–H groups in total. The van der Waals surface area contributed by atoms with E-state index in [4.69, 9.17) is 4.74 Å². The fourth-order valence-corrected chi connectivity index (χ4v) is 2.66. The molecular weight excluding hydrogens is 364 g/mol. The van der Waals surface area contributed by atoms with Gasteiger partial charge in [-0.1, -0.05) is 18.2 Å². The van der Waals surface area contributed by atoms with Crippen molar-refractivity contribution in [3.63, 3.8) is 0 Å². The van der Waals surface area contributed by atoms with Crippen molar-refractivity contribution in [2.45, 2.75) is 25.5 Å². The largest absolute Gasteiger partial charge is 0.454 e. The van der Waals surface area contributed by atoms with Gasteiger partial charge in [-0.05, 0) is 47.5 Å². The first kappa shape index (κ1) is 17.6. The Hall–Kier alpha value is -3.82. The van der Waals surface area contributed by atoms with Gasteiger partial charge in [0, 0.05) is 12.1 Å². The van der Waals surface area contributed by atoms with E-state index in [0.29, 0.717) is 11.5 Å². The van der Waals surface area contributed by atoms with E-state index in [1.165, 1.54) is 22.9 Å². The summed E-state index contributed by atoms with van der Waals surface area (Å²) in [6.45, 7) is -0.170. The molecule has 3 aromatic rings. The monoisotopic (exact) mass is 380 g/mol. The molecule has 0 amide bonds. The zero-order chi connectivity index (χ0) is 19.5. The summed E-state index contributed by atoms with van der Waals surface area (Å²) in [5.41, 5.74) is 1.06. The van der Waals surface area contributed by atoms with Crippen molar-refractivity contribution in [3.05, 3.63) is 70.0 Å². The highest BCUT2D eigenvalue weighted by molar-refractivity contribution is 5.91. The smallest absolute Gasteiger partial charge is 0.338 e. The van der Waals surface area contributed by atoms with E-state index < -0.39 is 10.9 Å². The number of nitrogens with one attached hydrogen (secondary N) is 1. The first-order valence-electron chi connectivity index (χ1n) is 8.66. The normalized spacial score (nSPS) is 13.1. The van der Waals surface area contributed by atoms with Crippen LogP contribution in [0, 0.1) is 10.1 Å². The molecule has 0 unspecified atom stereocenters. The van der Waals surface area contributed by atoms with Gasteiger partial charge in [0.1, 0.15) is 5.69 Å². The van der Waals surface area contributed by atoms with Gasteiger partial charge in [-0.2, -0.15) is 4.68 Å². The second-order valence-electron chi connectivity index (χ2n) is 6.33. The van der Waals surface area contributed by atoms with Gasteiger partial charge >= 0.3 is 5.97 Å². The van der Waals surface area contributed by atoms with Crippen molar-refractivity contribution in [3.8, 4) is 5.69 Å². The van der Waals surface area contributed by atoms with Gasteiger partial charge < -0.3 is 10.1 Å². The second kappa shape index (κ2) is 7.43. The van der Waals surface area contributed by atoms with Crippen molar-refractivity contribution in [1.29, 1.82) is 0 Å². The molecule has 0 aliphatic heterocycles. The average Bonchev–Trinajstić information content (AvgIpc) is 3.40. The summed E-state index contributed by atoms with van der Waals surface area (Å²) in [6, 6.07) is 13.7. The molecular formula is C18H16N6O4. The lowest BCUT2D eigenvalue weighted by Crippen LogP contribution is -2.11. The molecule has 1 aromatic heterocycles. The van der Waals surface area contributed by atoms with Gasteiger partial charge in [0.2, 0.25) is 0 Å². The molecule has 1 aliphatic rings. The van der Waals surface area contributed by atoms with Gasteiger partial charge in [-0.3, -0.25) is 10.1 Å². The van der Waals surface area contributed by atoms with Gasteiger partial charge in [-0.15, -0.1) is 5.10 Å². The molecule has 2 aromatic carbocycles. The molecule has 0 saturated heterocycles. The SMILES string of the molecule is O=C(OCc1nnnn1-c1ccccc1)c1ccc(NC2CC2)c([N+](=O)[O-])c1. The maximum absolute atomic E-state index is 12.4. The van der Waals surface area contributed by atoms with Crippen LogP contribution in [-0.2, 0) is 11.3 Å². The van der Waals surface area contributed by atoms with Crippen LogP contribution >= 0.6 is 0 Å². The number of para-hydroxylation sites is 1. The van der Waals surface area contributed by atoms with Crippen LogP contribution < -0.4 is 5.32 Å². The Morgan fingerprint density at radius 2 is 2.04 bits per heavy atom. The summed E-state index contributed by atoms with van der Waals surface area (Å²) in [6.07, 6.45) is 1.97. The Balaban J connectivity index is 1.48. The number of ether oxygens (including phenoxy) is 1.